The molecule has 1 saturated heterocycles. The van der Waals surface area contributed by atoms with Crippen LogP contribution in [0.15, 0.2) is 47.4 Å². The van der Waals surface area contributed by atoms with Crippen molar-refractivity contribution in [1.29, 1.82) is 0 Å². The van der Waals surface area contributed by atoms with Gasteiger partial charge in [0, 0.05) is 6.26 Å². The van der Waals surface area contributed by atoms with Crippen molar-refractivity contribution in [3.8, 4) is 5.75 Å². The largest absolute Gasteiger partial charge is 0.484 e. The molecule has 1 fully saturated rings. The van der Waals surface area contributed by atoms with E-state index in [1.165, 1.54) is 12.0 Å². The minimum Gasteiger partial charge on any atom is -0.484 e. The molecular formula is C19H20FNO4S3. The number of anilines is 1. The first-order valence-electron chi connectivity index (χ1n) is 8.58. The van der Waals surface area contributed by atoms with Crippen LogP contribution >= 0.6 is 23.5 Å². The summed E-state index contributed by atoms with van der Waals surface area (Å²) in [4.78, 5) is 12.0. The Kier molecular flexibility index (Phi) is 6.90. The molecule has 3 rings (SSSR count). The summed E-state index contributed by atoms with van der Waals surface area (Å²) in [5.41, 5.74) is 1.02. The number of rotatable bonds is 6. The molecule has 1 N–H and O–H groups in total. The van der Waals surface area contributed by atoms with Crippen LogP contribution in [0.5, 0.6) is 5.75 Å². The number of nitrogens with one attached hydrogen (secondary N) is 1. The quantitative estimate of drug-likeness (QED) is 0.680. The van der Waals surface area contributed by atoms with Gasteiger partial charge in [-0.25, -0.2) is 12.8 Å². The topological polar surface area (TPSA) is 72.5 Å². The predicted octanol–water partition coefficient (Wildman–Crippen LogP) is 4.12. The number of hydrogen-bond donors (Lipinski definition) is 1. The molecule has 9 heteroatoms. The van der Waals surface area contributed by atoms with Gasteiger partial charge in [0.15, 0.2) is 16.4 Å². The zero-order valence-electron chi connectivity index (χ0n) is 15.2. The molecule has 0 bridgehead atoms. The Labute approximate surface area is 172 Å². The second-order valence-electron chi connectivity index (χ2n) is 6.25. The van der Waals surface area contributed by atoms with Gasteiger partial charge in [-0.15, -0.1) is 23.5 Å². The summed E-state index contributed by atoms with van der Waals surface area (Å²) in [5, 5.41) is 2.35. The molecule has 1 aliphatic rings. The van der Waals surface area contributed by atoms with E-state index in [1.54, 1.807) is 0 Å². The average molecular weight is 442 g/mol. The number of carbonyl (C=O) groups is 1. The minimum absolute atomic E-state index is 0.0702. The maximum atomic E-state index is 13.8. The number of carbonyl (C=O) groups excluding carboxylic acids is 1. The highest BCUT2D eigenvalue weighted by molar-refractivity contribution is 8.16. The molecule has 0 radical (unpaired) electrons. The summed E-state index contributed by atoms with van der Waals surface area (Å²) in [6.45, 7) is -0.311. The van der Waals surface area contributed by atoms with Gasteiger partial charge >= 0.3 is 0 Å². The van der Waals surface area contributed by atoms with E-state index in [2.05, 4.69) is 5.32 Å². The highest BCUT2D eigenvalue weighted by Gasteiger charge is 2.17. The van der Waals surface area contributed by atoms with Crippen LogP contribution in [0.4, 0.5) is 10.1 Å². The maximum Gasteiger partial charge on any atom is 0.262 e. The molecule has 2 aromatic rings. The third-order valence-corrected chi connectivity index (χ3v) is 8.11. The SMILES string of the molecule is CS(=O)(=O)c1ccc(F)c(NC(=O)COc2ccc(C3SCCCS3)cc2)c1. The van der Waals surface area contributed by atoms with Crippen LogP contribution in [0.1, 0.15) is 16.6 Å². The minimum atomic E-state index is -3.50. The van der Waals surface area contributed by atoms with Crippen LogP contribution in [-0.2, 0) is 14.6 Å². The Bertz CT molecular complexity index is 942. The van der Waals surface area contributed by atoms with Crippen molar-refractivity contribution in [2.75, 3.05) is 29.7 Å². The average Bonchev–Trinajstić information content (AvgIpc) is 2.68. The molecule has 5 nitrogen and oxygen atoms in total. The molecule has 150 valence electrons. The van der Waals surface area contributed by atoms with E-state index >= 15 is 0 Å². The Morgan fingerprint density at radius 2 is 1.86 bits per heavy atom. The standard InChI is InChI=1S/C19H20FNO4S3/c1-28(23,24)15-7-8-16(20)17(11-15)21-18(22)12-25-14-5-3-13(4-6-14)19-26-9-2-10-27-19/h3-8,11,19H,2,9-10,12H2,1H3,(H,21,22). The van der Waals surface area contributed by atoms with E-state index in [1.807, 2.05) is 47.8 Å². The number of ether oxygens (including phenoxy) is 1. The van der Waals surface area contributed by atoms with Crippen molar-refractivity contribution >= 4 is 45.0 Å². The number of benzene rings is 2. The van der Waals surface area contributed by atoms with Gasteiger partial charge in [-0.1, -0.05) is 12.1 Å². The summed E-state index contributed by atoms with van der Waals surface area (Å²) in [7, 11) is -3.50. The van der Waals surface area contributed by atoms with E-state index in [0.29, 0.717) is 10.3 Å². The number of thioether (sulfide) groups is 2. The van der Waals surface area contributed by atoms with E-state index in [0.717, 1.165) is 36.0 Å². The zero-order chi connectivity index (χ0) is 20.1. The summed E-state index contributed by atoms with van der Waals surface area (Å²) >= 11 is 3.85. The fourth-order valence-electron chi connectivity index (χ4n) is 2.57. The lowest BCUT2D eigenvalue weighted by molar-refractivity contribution is -0.118. The number of hydrogen-bond acceptors (Lipinski definition) is 6. The lowest BCUT2D eigenvalue weighted by atomic mass is 10.2. The summed E-state index contributed by atoms with van der Waals surface area (Å²) in [6, 6.07) is 10.8. The molecule has 0 spiro atoms. The smallest absolute Gasteiger partial charge is 0.262 e. The van der Waals surface area contributed by atoms with Gasteiger partial charge in [0.25, 0.3) is 5.91 Å². The van der Waals surface area contributed by atoms with Gasteiger partial charge in [-0.2, -0.15) is 0 Å². The van der Waals surface area contributed by atoms with Crippen molar-refractivity contribution in [1.82, 2.24) is 0 Å². The highest BCUT2D eigenvalue weighted by Crippen LogP contribution is 2.43. The summed E-state index contributed by atoms with van der Waals surface area (Å²) in [6.07, 6.45) is 2.25. The predicted molar refractivity (Wildman–Crippen MR) is 112 cm³/mol. The van der Waals surface area contributed by atoms with Crippen LogP contribution in [0.25, 0.3) is 0 Å². The molecule has 0 aromatic heterocycles. The van der Waals surface area contributed by atoms with Crippen molar-refractivity contribution < 1.29 is 22.3 Å². The molecule has 28 heavy (non-hydrogen) atoms. The second kappa shape index (κ2) is 9.19. The van der Waals surface area contributed by atoms with Gasteiger partial charge in [-0.05, 0) is 53.8 Å². The van der Waals surface area contributed by atoms with Crippen LogP contribution in [0.3, 0.4) is 0 Å². The molecule has 1 aliphatic heterocycles. The van der Waals surface area contributed by atoms with Crippen LogP contribution in [0.2, 0.25) is 0 Å². The van der Waals surface area contributed by atoms with Crippen molar-refractivity contribution in [3.63, 3.8) is 0 Å². The maximum absolute atomic E-state index is 13.8. The monoisotopic (exact) mass is 441 g/mol. The fraction of sp³-hybridized carbons (Fsp3) is 0.316. The summed E-state index contributed by atoms with van der Waals surface area (Å²) < 4.78 is 42.9. The van der Waals surface area contributed by atoms with Crippen molar-refractivity contribution in [3.05, 3.63) is 53.8 Å². The molecular weight excluding hydrogens is 421 g/mol. The third-order valence-electron chi connectivity index (χ3n) is 3.99. The van der Waals surface area contributed by atoms with Gasteiger partial charge in [-0.3, -0.25) is 4.79 Å². The Morgan fingerprint density at radius 1 is 1.18 bits per heavy atom. The first-order chi connectivity index (χ1) is 13.3. The molecule has 1 heterocycles. The Balaban J connectivity index is 1.57. The van der Waals surface area contributed by atoms with Crippen LogP contribution < -0.4 is 10.1 Å². The summed E-state index contributed by atoms with van der Waals surface area (Å²) in [5.74, 6) is 1.56. The van der Waals surface area contributed by atoms with E-state index in [4.69, 9.17) is 4.74 Å². The normalized spacial score (nSPS) is 15.2. The van der Waals surface area contributed by atoms with Crippen LogP contribution in [0, 0.1) is 5.82 Å². The number of sulfone groups is 1. The van der Waals surface area contributed by atoms with Crippen molar-refractivity contribution in [2.45, 2.75) is 15.9 Å². The molecule has 0 saturated carbocycles. The Morgan fingerprint density at radius 3 is 2.50 bits per heavy atom. The van der Waals surface area contributed by atoms with Gasteiger partial charge in [0.2, 0.25) is 0 Å². The van der Waals surface area contributed by atoms with Gasteiger partial charge < -0.3 is 10.1 Å². The molecule has 1 amide bonds. The fourth-order valence-corrected chi connectivity index (χ4v) is 6.11. The number of amides is 1. The third kappa shape index (κ3) is 5.65. The lowest BCUT2D eigenvalue weighted by Gasteiger charge is -2.21. The molecule has 0 atom stereocenters. The lowest BCUT2D eigenvalue weighted by Crippen LogP contribution is -2.21. The van der Waals surface area contributed by atoms with E-state index < -0.39 is 21.6 Å². The van der Waals surface area contributed by atoms with Gasteiger partial charge in [0.1, 0.15) is 11.6 Å². The number of halogens is 1. The van der Waals surface area contributed by atoms with Crippen LogP contribution in [-0.4, -0.2) is 38.7 Å². The Hall–Kier alpha value is -1.71. The molecule has 0 unspecified atom stereocenters. The first kappa shape index (κ1) is 21.0. The van der Waals surface area contributed by atoms with E-state index in [9.17, 15) is 17.6 Å². The first-order valence-corrected chi connectivity index (χ1v) is 12.6. The van der Waals surface area contributed by atoms with E-state index in [-0.39, 0.29) is 17.2 Å². The highest BCUT2D eigenvalue weighted by atomic mass is 32.2. The molecule has 2 aromatic carbocycles. The zero-order valence-corrected chi connectivity index (χ0v) is 17.6. The second-order valence-corrected chi connectivity index (χ2v) is 11.0. The molecule has 0 aliphatic carbocycles. The van der Waals surface area contributed by atoms with Gasteiger partial charge in [0.05, 0.1) is 15.2 Å². The van der Waals surface area contributed by atoms with Crippen molar-refractivity contribution in [2.24, 2.45) is 0 Å².